The third kappa shape index (κ3) is 3.78. The van der Waals surface area contributed by atoms with E-state index in [1.54, 1.807) is 18.3 Å². The van der Waals surface area contributed by atoms with Gasteiger partial charge < -0.3 is 10.6 Å². The molecule has 2 aromatic rings. The Balaban J connectivity index is 2.14. The fraction of sp³-hybridized carbons (Fsp3) is 0.267. The summed E-state index contributed by atoms with van der Waals surface area (Å²) >= 11 is 3.00. The number of carbonyl (C=O) groups excluding carboxylic acids is 1. The van der Waals surface area contributed by atoms with Crippen LogP contribution in [0.25, 0.3) is 0 Å². The van der Waals surface area contributed by atoms with Crippen LogP contribution in [0.15, 0.2) is 34.7 Å². The summed E-state index contributed by atoms with van der Waals surface area (Å²) in [4.78, 5) is 17.4. The maximum atomic E-state index is 12.3. The van der Waals surface area contributed by atoms with Gasteiger partial charge in [-0.1, -0.05) is 0 Å². The van der Waals surface area contributed by atoms with Gasteiger partial charge in [-0.15, -0.1) is 23.1 Å². The van der Waals surface area contributed by atoms with Crippen LogP contribution < -0.4 is 10.6 Å². The molecule has 0 atom stereocenters. The molecule has 114 valence electrons. The lowest BCUT2D eigenvalue weighted by Gasteiger charge is -2.24. The van der Waals surface area contributed by atoms with Crippen molar-refractivity contribution in [1.82, 2.24) is 10.3 Å². The minimum atomic E-state index is -0.565. The molecule has 0 saturated carbocycles. The fourth-order valence-electron chi connectivity index (χ4n) is 1.90. The number of amides is 2. The van der Waals surface area contributed by atoms with Gasteiger partial charge in [0.25, 0.3) is 0 Å². The highest BCUT2D eigenvalue weighted by Gasteiger charge is 2.25. The summed E-state index contributed by atoms with van der Waals surface area (Å²) in [5.74, 6) is 0. The summed E-state index contributed by atoms with van der Waals surface area (Å²) in [6.45, 7) is 3.79. The maximum Gasteiger partial charge on any atom is 0.320 e. The smallest absolute Gasteiger partial charge is 0.320 e. The molecule has 1 aromatic heterocycles. The quantitative estimate of drug-likeness (QED) is 0.835. The van der Waals surface area contributed by atoms with Crippen molar-refractivity contribution in [2.75, 3.05) is 11.6 Å². The van der Waals surface area contributed by atoms with Crippen LogP contribution in [0, 0.1) is 11.3 Å². The first-order valence-electron chi connectivity index (χ1n) is 6.53. The Labute approximate surface area is 137 Å². The van der Waals surface area contributed by atoms with Gasteiger partial charge >= 0.3 is 6.03 Å². The summed E-state index contributed by atoms with van der Waals surface area (Å²) < 4.78 is 0. The summed E-state index contributed by atoms with van der Waals surface area (Å²) in [6.07, 6.45) is 3.63. The van der Waals surface area contributed by atoms with E-state index in [1.807, 2.05) is 31.5 Å². The highest BCUT2D eigenvalue weighted by atomic mass is 32.2. The number of aromatic nitrogens is 1. The molecule has 0 bridgehead atoms. The van der Waals surface area contributed by atoms with Crippen LogP contribution in [0.4, 0.5) is 10.5 Å². The number of hydrogen-bond donors (Lipinski definition) is 2. The Bertz CT molecular complexity index is 705. The molecule has 2 N–H and O–H groups in total. The number of nitrogens with one attached hydrogen (secondary N) is 2. The van der Waals surface area contributed by atoms with Crippen LogP contribution >= 0.6 is 23.1 Å². The third-order valence-corrected chi connectivity index (χ3v) is 4.86. The maximum absolute atomic E-state index is 12.3. The van der Waals surface area contributed by atoms with Crippen LogP contribution in [-0.2, 0) is 5.54 Å². The summed E-state index contributed by atoms with van der Waals surface area (Å²) in [5, 5.41) is 17.4. The number of rotatable bonds is 4. The number of carbonyl (C=O) groups is 1. The van der Waals surface area contributed by atoms with Crippen molar-refractivity contribution in [2.45, 2.75) is 24.3 Å². The highest BCUT2D eigenvalue weighted by molar-refractivity contribution is 7.98. The molecule has 0 aliphatic heterocycles. The topological polar surface area (TPSA) is 77.8 Å². The lowest BCUT2D eigenvalue weighted by atomic mass is 10.1. The lowest BCUT2D eigenvalue weighted by molar-refractivity contribution is 0.241. The predicted octanol–water partition coefficient (Wildman–Crippen LogP) is 3.79. The van der Waals surface area contributed by atoms with Gasteiger partial charge in [0.15, 0.2) is 0 Å². The second kappa shape index (κ2) is 6.81. The molecule has 2 rings (SSSR count). The molecule has 0 aliphatic rings. The molecule has 0 fully saturated rings. The third-order valence-electron chi connectivity index (χ3n) is 2.97. The van der Waals surface area contributed by atoms with E-state index in [-0.39, 0.29) is 6.03 Å². The largest absolute Gasteiger partial charge is 0.326 e. The van der Waals surface area contributed by atoms with Gasteiger partial charge in [0.2, 0.25) is 0 Å². The summed E-state index contributed by atoms with van der Waals surface area (Å²) in [5.41, 5.74) is 0.566. The van der Waals surface area contributed by atoms with E-state index in [9.17, 15) is 4.79 Å². The first-order valence-corrected chi connectivity index (χ1v) is 8.64. The normalized spacial score (nSPS) is 10.8. The van der Waals surface area contributed by atoms with Crippen molar-refractivity contribution >= 4 is 34.8 Å². The lowest BCUT2D eigenvalue weighted by Crippen LogP contribution is -2.43. The first kappa shape index (κ1) is 16.3. The average Bonchev–Trinajstić information content (AvgIpc) is 3.01. The van der Waals surface area contributed by atoms with E-state index in [1.165, 1.54) is 23.1 Å². The molecule has 0 aliphatic carbocycles. The Morgan fingerprint density at radius 2 is 2.23 bits per heavy atom. The van der Waals surface area contributed by atoms with E-state index in [2.05, 4.69) is 21.7 Å². The zero-order valence-corrected chi connectivity index (χ0v) is 14.1. The van der Waals surface area contributed by atoms with Crippen molar-refractivity contribution in [3.63, 3.8) is 0 Å². The van der Waals surface area contributed by atoms with Gasteiger partial charge in [0.1, 0.15) is 5.01 Å². The van der Waals surface area contributed by atoms with E-state index in [0.717, 1.165) is 9.90 Å². The van der Waals surface area contributed by atoms with Gasteiger partial charge in [-0.2, -0.15) is 5.26 Å². The molecule has 1 aromatic carbocycles. The van der Waals surface area contributed by atoms with Gasteiger partial charge in [-0.05, 0) is 38.3 Å². The SMILES string of the molecule is CSc1ccc(C#N)cc1NC(=O)NC(C)(C)c1nccs1. The zero-order valence-electron chi connectivity index (χ0n) is 12.5. The number of nitriles is 1. The molecular formula is C15H16N4OS2. The predicted molar refractivity (Wildman–Crippen MR) is 90.2 cm³/mol. The second-order valence-electron chi connectivity index (χ2n) is 5.07. The monoisotopic (exact) mass is 332 g/mol. The number of thiazole rings is 1. The number of hydrogen-bond acceptors (Lipinski definition) is 5. The van der Waals surface area contributed by atoms with E-state index in [4.69, 9.17) is 5.26 Å². The molecule has 1 heterocycles. The Morgan fingerprint density at radius 3 is 2.82 bits per heavy atom. The van der Waals surface area contributed by atoms with Gasteiger partial charge in [0.05, 0.1) is 22.9 Å². The molecule has 0 unspecified atom stereocenters. The van der Waals surface area contributed by atoms with Crippen molar-refractivity contribution in [3.8, 4) is 6.07 Å². The van der Waals surface area contributed by atoms with Crippen molar-refractivity contribution in [2.24, 2.45) is 0 Å². The molecule has 22 heavy (non-hydrogen) atoms. The molecule has 0 saturated heterocycles. The van der Waals surface area contributed by atoms with Crippen LogP contribution in [0.2, 0.25) is 0 Å². The van der Waals surface area contributed by atoms with Crippen LogP contribution in [-0.4, -0.2) is 17.3 Å². The van der Waals surface area contributed by atoms with Gasteiger partial charge in [0, 0.05) is 16.5 Å². The first-order chi connectivity index (χ1) is 10.5. The van der Waals surface area contributed by atoms with E-state index in [0.29, 0.717) is 11.3 Å². The van der Waals surface area contributed by atoms with E-state index >= 15 is 0 Å². The van der Waals surface area contributed by atoms with Crippen LogP contribution in [0.1, 0.15) is 24.4 Å². The average molecular weight is 332 g/mol. The number of benzene rings is 1. The minimum absolute atomic E-state index is 0.328. The Morgan fingerprint density at radius 1 is 1.45 bits per heavy atom. The molecule has 7 heteroatoms. The number of thioether (sulfide) groups is 1. The Kier molecular flexibility index (Phi) is 5.06. The van der Waals surface area contributed by atoms with Crippen LogP contribution in [0.3, 0.4) is 0 Å². The Hall–Kier alpha value is -2.04. The summed E-state index contributed by atoms with van der Waals surface area (Å²) in [6, 6.07) is 6.97. The second-order valence-corrected chi connectivity index (χ2v) is 6.81. The highest BCUT2D eigenvalue weighted by Crippen LogP contribution is 2.27. The van der Waals surface area contributed by atoms with E-state index < -0.39 is 5.54 Å². The molecular weight excluding hydrogens is 316 g/mol. The summed E-state index contributed by atoms with van der Waals surface area (Å²) in [7, 11) is 0. The molecule has 5 nitrogen and oxygen atoms in total. The van der Waals surface area contributed by atoms with Gasteiger partial charge in [-0.25, -0.2) is 9.78 Å². The zero-order chi connectivity index (χ0) is 16.2. The van der Waals surface area contributed by atoms with Crippen molar-refractivity contribution < 1.29 is 4.79 Å². The van der Waals surface area contributed by atoms with Crippen LogP contribution in [0.5, 0.6) is 0 Å². The number of anilines is 1. The standard InChI is InChI=1S/C15H16N4OS2/c1-15(2,13-17-6-7-22-13)19-14(20)18-11-8-10(9-16)4-5-12(11)21-3/h4-8H,1-3H3,(H2,18,19,20). The molecule has 0 radical (unpaired) electrons. The van der Waals surface area contributed by atoms with Crippen molar-refractivity contribution in [3.05, 3.63) is 40.3 Å². The van der Waals surface area contributed by atoms with Gasteiger partial charge in [-0.3, -0.25) is 0 Å². The minimum Gasteiger partial charge on any atom is -0.326 e. The number of urea groups is 1. The number of nitrogens with zero attached hydrogens (tertiary/aromatic N) is 2. The fourth-order valence-corrected chi connectivity index (χ4v) is 3.15. The van der Waals surface area contributed by atoms with Crippen molar-refractivity contribution in [1.29, 1.82) is 5.26 Å². The molecule has 0 spiro atoms. The molecule has 2 amide bonds.